The van der Waals surface area contributed by atoms with Crippen LogP contribution in [0.1, 0.15) is 36.5 Å². The van der Waals surface area contributed by atoms with Gasteiger partial charge in [0.2, 0.25) is 5.89 Å². The Morgan fingerprint density at radius 1 is 1.27 bits per heavy atom. The summed E-state index contributed by atoms with van der Waals surface area (Å²) in [7, 11) is 2.17. The fourth-order valence-corrected chi connectivity index (χ4v) is 4.02. The van der Waals surface area contributed by atoms with E-state index in [1.165, 1.54) is 35.7 Å². The molecule has 0 spiro atoms. The number of fused-ring (bicyclic) bond motifs is 1. The van der Waals surface area contributed by atoms with Gasteiger partial charge in [-0.1, -0.05) is 23.4 Å². The summed E-state index contributed by atoms with van der Waals surface area (Å²) in [4.78, 5) is 12.7. The molecule has 6 nitrogen and oxygen atoms in total. The Morgan fingerprint density at radius 2 is 2.19 bits per heavy atom. The molecule has 1 aliphatic heterocycles. The van der Waals surface area contributed by atoms with Gasteiger partial charge in [0.25, 0.3) is 0 Å². The average molecular weight is 353 g/mol. The van der Waals surface area contributed by atoms with E-state index >= 15 is 0 Å². The molecule has 1 atom stereocenters. The number of hydrogen-bond acceptors (Lipinski definition) is 5. The monoisotopic (exact) mass is 353 g/mol. The zero-order valence-electron chi connectivity index (χ0n) is 15.6. The Hall–Kier alpha value is -2.18. The molecule has 0 aliphatic carbocycles. The lowest BCUT2D eigenvalue weighted by Crippen LogP contribution is -2.33. The molecule has 0 saturated carbocycles. The molecule has 6 heteroatoms. The summed E-state index contributed by atoms with van der Waals surface area (Å²) in [5.74, 6) is 1.42. The van der Waals surface area contributed by atoms with Crippen LogP contribution in [0.15, 0.2) is 35.0 Å². The minimum atomic E-state index is 0.570. The van der Waals surface area contributed by atoms with Crippen LogP contribution in [-0.4, -0.2) is 51.1 Å². The summed E-state index contributed by atoms with van der Waals surface area (Å²) in [6.07, 6.45) is 5.65. The van der Waals surface area contributed by atoms with E-state index in [2.05, 4.69) is 56.2 Å². The highest BCUT2D eigenvalue weighted by Crippen LogP contribution is 2.22. The molecule has 4 rings (SSSR count). The molecule has 1 aliphatic rings. The van der Waals surface area contributed by atoms with Crippen LogP contribution in [0.5, 0.6) is 0 Å². The van der Waals surface area contributed by atoms with Crippen molar-refractivity contribution in [2.45, 2.75) is 45.3 Å². The molecule has 0 bridgehead atoms. The summed E-state index contributed by atoms with van der Waals surface area (Å²) in [6.45, 7) is 5.88. The van der Waals surface area contributed by atoms with E-state index in [-0.39, 0.29) is 0 Å². The van der Waals surface area contributed by atoms with Crippen LogP contribution in [0, 0.1) is 6.92 Å². The molecule has 3 heterocycles. The maximum Gasteiger partial charge on any atom is 0.223 e. The number of nitrogens with zero attached hydrogens (tertiary/aromatic N) is 4. The lowest BCUT2D eigenvalue weighted by atomic mass is 10.1. The van der Waals surface area contributed by atoms with Crippen molar-refractivity contribution in [1.29, 1.82) is 0 Å². The van der Waals surface area contributed by atoms with Gasteiger partial charge in [-0.05, 0) is 56.4 Å². The molecule has 138 valence electrons. The molecule has 0 unspecified atom stereocenters. The van der Waals surface area contributed by atoms with Gasteiger partial charge in [0.05, 0.1) is 6.54 Å². The molecule has 0 radical (unpaired) electrons. The standard InChI is InChI=1S/C20H27N5O/c1-15-22-19(23-26-15)14-24(2)18-7-4-11-25(12-9-18)13-17-6-3-5-16-8-10-21-20(16)17/h3,5-6,8,10,18,21H,4,7,9,11-14H2,1-2H3/t18-/m1/s1. The normalized spacial score (nSPS) is 19.3. The Balaban J connectivity index is 1.36. The van der Waals surface area contributed by atoms with E-state index in [0.717, 1.165) is 32.0 Å². The first-order valence-corrected chi connectivity index (χ1v) is 9.46. The van der Waals surface area contributed by atoms with Gasteiger partial charge in [-0.15, -0.1) is 0 Å². The topological polar surface area (TPSA) is 61.2 Å². The van der Waals surface area contributed by atoms with Crippen LogP contribution in [0.2, 0.25) is 0 Å². The SMILES string of the molecule is Cc1nc(CN(C)[C@@H]2CCCN(Cc3cccc4cc[nH]c34)CC2)no1. The van der Waals surface area contributed by atoms with Gasteiger partial charge in [-0.25, -0.2) is 0 Å². The minimum Gasteiger partial charge on any atom is -0.361 e. The van der Waals surface area contributed by atoms with E-state index in [4.69, 9.17) is 4.52 Å². The second kappa shape index (κ2) is 7.60. The van der Waals surface area contributed by atoms with E-state index in [1.54, 1.807) is 0 Å². The highest BCUT2D eigenvalue weighted by Gasteiger charge is 2.22. The molecule has 2 aromatic heterocycles. The van der Waals surface area contributed by atoms with Gasteiger partial charge in [-0.2, -0.15) is 4.98 Å². The molecule has 0 amide bonds. The number of nitrogens with one attached hydrogen (secondary N) is 1. The molecule has 1 N–H and O–H groups in total. The van der Waals surface area contributed by atoms with Gasteiger partial charge in [0.1, 0.15) is 0 Å². The predicted molar refractivity (Wildman–Crippen MR) is 102 cm³/mol. The number of H-pyrrole nitrogens is 1. The number of likely N-dealkylation sites (tertiary alicyclic amines) is 1. The predicted octanol–water partition coefficient (Wildman–Crippen LogP) is 3.35. The van der Waals surface area contributed by atoms with Gasteiger partial charge in [0, 0.05) is 31.2 Å². The summed E-state index contributed by atoms with van der Waals surface area (Å²) < 4.78 is 5.09. The maximum absolute atomic E-state index is 5.09. The Kier molecular flexibility index (Phi) is 5.04. The van der Waals surface area contributed by atoms with E-state index in [0.29, 0.717) is 11.9 Å². The fourth-order valence-electron chi connectivity index (χ4n) is 4.02. The molecule has 1 saturated heterocycles. The third kappa shape index (κ3) is 3.81. The number of benzene rings is 1. The van der Waals surface area contributed by atoms with Gasteiger partial charge in [-0.3, -0.25) is 9.80 Å². The molecule has 3 aromatic rings. The van der Waals surface area contributed by atoms with Crippen LogP contribution in [-0.2, 0) is 13.1 Å². The zero-order chi connectivity index (χ0) is 17.9. The van der Waals surface area contributed by atoms with Gasteiger partial charge in [0.15, 0.2) is 5.82 Å². The number of para-hydroxylation sites is 1. The number of rotatable bonds is 5. The molecule has 26 heavy (non-hydrogen) atoms. The first-order chi connectivity index (χ1) is 12.7. The van der Waals surface area contributed by atoms with Crippen LogP contribution < -0.4 is 0 Å². The van der Waals surface area contributed by atoms with Crippen LogP contribution in [0.25, 0.3) is 10.9 Å². The van der Waals surface area contributed by atoms with E-state index in [9.17, 15) is 0 Å². The third-order valence-electron chi connectivity index (χ3n) is 5.44. The van der Waals surface area contributed by atoms with Crippen molar-refractivity contribution in [3.63, 3.8) is 0 Å². The fraction of sp³-hybridized carbons (Fsp3) is 0.500. The Labute approximate surface area is 154 Å². The number of aromatic nitrogens is 3. The first kappa shape index (κ1) is 17.2. The van der Waals surface area contributed by atoms with Crippen molar-refractivity contribution < 1.29 is 4.52 Å². The summed E-state index contributed by atoms with van der Waals surface area (Å²) in [6, 6.07) is 9.28. The van der Waals surface area contributed by atoms with E-state index in [1.807, 2.05) is 13.1 Å². The van der Waals surface area contributed by atoms with Gasteiger partial charge >= 0.3 is 0 Å². The smallest absolute Gasteiger partial charge is 0.223 e. The summed E-state index contributed by atoms with van der Waals surface area (Å²) in [5.41, 5.74) is 2.67. The maximum atomic E-state index is 5.09. The second-order valence-electron chi connectivity index (χ2n) is 7.36. The summed E-state index contributed by atoms with van der Waals surface area (Å²) >= 11 is 0. The van der Waals surface area contributed by atoms with Crippen LogP contribution >= 0.6 is 0 Å². The molecule has 1 aromatic carbocycles. The Bertz CT molecular complexity index is 855. The second-order valence-corrected chi connectivity index (χ2v) is 7.36. The van der Waals surface area contributed by atoms with E-state index < -0.39 is 0 Å². The highest BCUT2D eigenvalue weighted by atomic mass is 16.5. The lowest BCUT2D eigenvalue weighted by Gasteiger charge is -2.26. The number of hydrogen-bond donors (Lipinski definition) is 1. The van der Waals surface area contributed by atoms with Crippen molar-refractivity contribution in [3.8, 4) is 0 Å². The molecule has 1 fully saturated rings. The molecular weight excluding hydrogens is 326 g/mol. The number of aromatic amines is 1. The van der Waals surface area contributed by atoms with Gasteiger partial charge < -0.3 is 9.51 Å². The highest BCUT2D eigenvalue weighted by molar-refractivity contribution is 5.82. The van der Waals surface area contributed by atoms with Crippen molar-refractivity contribution in [2.75, 3.05) is 20.1 Å². The largest absolute Gasteiger partial charge is 0.361 e. The van der Waals surface area contributed by atoms with Crippen molar-refractivity contribution >= 4 is 10.9 Å². The average Bonchev–Trinajstić information content (AvgIpc) is 3.20. The third-order valence-corrected chi connectivity index (χ3v) is 5.44. The van der Waals surface area contributed by atoms with Crippen molar-refractivity contribution in [3.05, 3.63) is 47.7 Å². The Morgan fingerprint density at radius 3 is 3.04 bits per heavy atom. The minimum absolute atomic E-state index is 0.570. The quantitative estimate of drug-likeness (QED) is 0.762. The van der Waals surface area contributed by atoms with Crippen LogP contribution in [0.3, 0.4) is 0 Å². The van der Waals surface area contributed by atoms with Crippen molar-refractivity contribution in [1.82, 2.24) is 24.9 Å². The van der Waals surface area contributed by atoms with Crippen molar-refractivity contribution in [2.24, 2.45) is 0 Å². The van der Waals surface area contributed by atoms with Crippen LogP contribution in [0.4, 0.5) is 0 Å². The zero-order valence-corrected chi connectivity index (χ0v) is 15.6. The lowest BCUT2D eigenvalue weighted by molar-refractivity contribution is 0.200. The first-order valence-electron chi connectivity index (χ1n) is 9.46. The summed E-state index contributed by atoms with van der Waals surface area (Å²) in [5, 5.41) is 5.32. The number of aryl methyl sites for hydroxylation is 1. The molecular formula is C20H27N5O.